The molecule has 0 aliphatic carbocycles. The normalized spacial score (nSPS) is 12.7. The summed E-state index contributed by atoms with van der Waals surface area (Å²) >= 11 is 0. The van der Waals surface area contributed by atoms with E-state index in [1.807, 2.05) is 0 Å². The smallest absolute Gasteiger partial charge is 0.315 e. The van der Waals surface area contributed by atoms with Crippen molar-refractivity contribution in [2.45, 2.75) is 17.9 Å². The quantitative estimate of drug-likeness (QED) is 0.642. The van der Waals surface area contributed by atoms with Crippen LogP contribution in [-0.2, 0) is 14.8 Å². The Hall–Kier alpha value is -1.64. The second-order valence-electron chi connectivity index (χ2n) is 4.39. The average Bonchev–Trinajstić information content (AvgIpc) is 2.47. The van der Waals surface area contributed by atoms with E-state index in [0.29, 0.717) is 18.7 Å². The van der Waals surface area contributed by atoms with Gasteiger partial charge in [0.1, 0.15) is 0 Å². The highest BCUT2D eigenvalue weighted by atomic mass is 32.2. The van der Waals surface area contributed by atoms with Gasteiger partial charge in [-0.2, -0.15) is 0 Å². The van der Waals surface area contributed by atoms with Crippen LogP contribution in [0.4, 0.5) is 4.79 Å². The van der Waals surface area contributed by atoms with Gasteiger partial charge in [-0.15, -0.1) is 0 Å². The summed E-state index contributed by atoms with van der Waals surface area (Å²) in [6.07, 6.45) is 0. The third kappa shape index (κ3) is 5.33. The number of amides is 2. The Balaban J connectivity index is 2.73. The van der Waals surface area contributed by atoms with E-state index in [1.54, 1.807) is 26.2 Å². The molecule has 0 spiro atoms. The SMILES string of the molecule is CNS(=O)(=O)c1cccc([C@H](C)NC(=O)NCCOC)c1. The molecule has 0 saturated heterocycles. The van der Waals surface area contributed by atoms with Gasteiger partial charge in [0, 0.05) is 13.7 Å². The molecule has 118 valence electrons. The van der Waals surface area contributed by atoms with Gasteiger partial charge >= 0.3 is 6.03 Å². The van der Waals surface area contributed by atoms with Gasteiger partial charge in [0.25, 0.3) is 0 Å². The first-order chi connectivity index (χ1) is 9.90. The molecule has 1 rings (SSSR count). The van der Waals surface area contributed by atoms with Crippen LogP contribution in [0.1, 0.15) is 18.5 Å². The Morgan fingerprint density at radius 2 is 2.10 bits per heavy atom. The van der Waals surface area contributed by atoms with Gasteiger partial charge in [-0.25, -0.2) is 17.9 Å². The number of carbonyl (C=O) groups is 1. The maximum atomic E-state index is 11.7. The van der Waals surface area contributed by atoms with Gasteiger partial charge < -0.3 is 15.4 Å². The summed E-state index contributed by atoms with van der Waals surface area (Å²) in [4.78, 5) is 11.8. The highest BCUT2D eigenvalue weighted by molar-refractivity contribution is 7.89. The van der Waals surface area contributed by atoms with Crippen LogP contribution in [0.15, 0.2) is 29.2 Å². The molecule has 1 atom stereocenters. The summed E-state index contributed by atoms with van der Waals surface area (Å²) in [5.74, 6) is 0. The number of nitrogens with one attached hydrogen (secondary N) is 3. The van der Waals surface area contributed by atoms with Crippen LogP contribution in [0.25, 0.3) is 0 Å². The van der Waals surface area contributed by atoms with Crippen LogP contribution in [0, 0.1) is 0 Å². The Bertz CT molecular complexity index is 575. The lowest BCUT2D eigenvalue weighted by Crippen LogP contribution is -2.38. The van der Waals surface area contributed by atoms with E-state index in [1.165, 1.54) is 19.2 Å². The summed E-state index contributed by atoms with van der Waals surface area (Å²) < 4.78 is 30.6. The van der Waals surface area contributed by atoms with Crippen LogP contribution in [-0.4, -0.2) is 41.8 Å². The van der Waals surface area contributed by atoms with E-state index in [0.717, 1.165) is 0 Å². The van der Waals surface area contributed by atoms with Gasteiger partial charge in [-0.1, -0.05) is 12.1 Å². The van der Waals surface area contributed by atoms with Crippen molar-refractivity contribution in [3.63, 3.8) is 0 Å². The lowest BCUT2D eigenvalue weighted by Gasteiger charge is -2.16. The van der Waals surface area contributed by atoms with Crippen molar-refractivity contribution in [3.05, 3.63) is 29.8 Å². The summed E-state index contributed by atoms with van der Waals surface area (Å²) in [6, 6.07) is 5.78. The molecule has 1 aromatic rings. The minimum absolute atomic E-state index is 0.163. The van der Waals surface area contributed by atoms with E-state index in [9.17, 15) is 13.2 Å². The molecular formula is C13H21N3O4S. The molecule has 0 heterocycles. The molecule has 0 aliphatic rings. The zero-order valence-electron chi connectivity index (χ0n) is 12.3. The molecule has 0 fully saturated rings. The summed E-state index contributed by atoms with van der Waals surface area (Å²) in [6.45, 7) is 2.61. The molecule has 3 N–H and O–H groups in total. The molecule has 0 unspecified atom stereocenters. The third-order valence-corrected chi connectivity index (χ3v) is 4.29. The molecule has 1 aromatic carbocycles. The topological polar surface area (TPSA) is 96.5 Å². The number of hydrogen-bond donors (Lipinski definition) is 3. The van der Waals surface area contributed by atoms with E-state index >= 15 is 0 Å². The number of ether oxygens (including phenoxy) is 1. The van der Waals surface area contributed by atoms with Gasteiger partial charge in [0.2, 0.25) is 10.0 Å². The largest absolute Gasteiger partial charge is 0.383 e. The number of rotatable bonds is 7. The van der Waals surface area contributed by atoms with Crippen molar-refractivity contribution < 1.29 is 17.9 Å². The highest BCUT2D eigenvalue weighted by Gasteiger charge is 2.14. The molecule has 2 amide bonds. The molecular weight excluding hydrogens is 294 g/mol. The van der Waals surface area contributed by atoms with Crippen molar-refractivity contribution >= 4 is 16.1 Å². The number of benzene rings is 1. The highest BCUT2D eigenvalue weighted by Crippen LogP contribution is 2.17. The molecule has 0 aliphatic heterocycles. The number of hydrogen-bond acceptors (Lipinski definition) is 4. The van der Waals surface area contributed by atoms with Crippen LogP contribution in [0.3, 0.4) is 0 Å². The molecule has 7 nitrogen and oxygen atoms in total. The molecule has 0 radical (unpaired) electrons. The lowest BCUT2D eigenvalue weighted by molar-refractivity contribution is 0.195. The average molecular weight is 315 g/mol. The molecule has 0 bridgehead atoms. The van der Waals surface area contributed by atoms with Crippen molar-refractivity contribution in [2.24, 2.45) is 0 Å². The fourth-order valence-corrected chi connectivity index (χ4v) is 2.45. The molecule has 21 heavy (non-hydrogen) atoms. The molecule has 8 heteroatoms. The van der Waals surface area contributed by atoms with Crippen LogP contribution in [0.2, 0.25) is 0 Å². The zero-order chi connectivity index (χ0) is 15.9. The number of urea groups is 1. The summed E-state index contributed by atoms with van der Waals surface area (Å²) in [5, 5.41) is 5.37. The van der Waals surface area contributed by atoms with Crippen molar-refractivity contribution in [3.8, 4) is 0 Å². The number of carbonyl (C=O) groups excluding carboxylic acids is 1. The fourth-order valence-electron chi connectivity index (χ4n) is 1.67. The Labute approximate surface area is 125 Å². The Morgan fingerprint density at radius 3 is 2.71 bits per heavy atom. The second-order valence-corrected chi connectivity index (χ2v) is 6.28. The predicted octanol–water partition coefficient (Wildman–Crippen LogP) is 0.601. The van der Waals surface area contributed by atoms with Crippen LogP contribution < -0.4 is 15.4 Å². The summed E-state index contributed by atoms with van der Waals surface area (Å²) in [7, 11) is -0.590. The van der Waals surface area contributed by atoms with Gasteiger partial charge in [0.05, 0.1) is 17.5 Å². The van der Waals surface area contributed by atoms with Crippen molar-refractivity contribution in [2.75, 3.05) is 27.3 Å². The Kier molecular flexibility index (Phi) is 6.60. The first kappa shape index (κ1) is 17.4. The maximum absolute atomic E-state index is 11.7. The monoisotopic (exact) mass is 315 g/mol. The zero-order valence-corrected chi connectivity index (χ0v) is 13.2. The van der Waals surface area contributed by atoms with Crippen LogP contribution in [0.5, 0.6) is 0 Å². The number of sulfonamides is 1. The first-order valence-corrected chi connectivity index (χ1v) is 7.96. The van der Waals surface area contributed by atoms with E-state index in [-0.39, 0.29) is 17.0 Å². The van der Waals surface area contributed by atoms with E-state index in [2.05, 4.69) is 15.4 Å². The lowest BCUT2D eigenvalue weighted by atomic mass is 10.1. The van der Waals surface area contributed by atoms with E-state index < -0.39 is 10.0 Å². The van der Waals surface area contributed by atoms with Gasteiger partial charge in [-0.3, -0.25) is 0 Å². The fraction of sp³-hybridized carbons (Fsp3) is 0.462. The summed E-state index contributed by atoms with van der Waals surface area (Å²) in [5.41, 5.74) is 0.702. The first-order valence-electron chi connectivity index (χ1n) is 6.47. The number of methoxy groups -OCH3 is 1. The van der Waals surface area contributed by atoms with Crippen molar-refractivity contribution in [1.29, 1.82) is 0 Å². The van der Waals surface area contributed by atoms with Gasteiger partial charge in [0.15, 0.2) is 0 Å². The predicted molar refractivity (Wildman–Crippen MR) is 79.5 cm³/mol. The Morgan fingerprint density at radius 1 is 1.38 bits per heavy atom. The van der Waals surface area contributed by atoms with Gasteiger partial charge in [-0.05, 0) is 31.7 Å². The van der Waals surface area contributed by atoms with Crippen LogP contribution >= 0.6 is 0 Å². The van der Waals surface area contributed by atoms with Crippen molar-refractivity contribution in [1.82, 2.24) is 15.4 Å². The van der Waals surface area contributed by atoms with E-state index in [4.69, 9.17) is 4.74 Å². The molecule has 0 aromatic heterocycles. The third-order valence-electron chi connectivity index (χ3n) is 2.88. The minimum atomic E-state index is -3.50. The minimum Gasteiger partial charge on any atom is -0.383 e. The molecule has 0 saturated carbocycles. The standard InChI is InChI=1S/C13H21N3O4S/c1-10(16-13(17)15-7-8-20-3)11-5-4-6-12(9-11)21(18,19)14-2/h4-6,9-10,14H,7-8H2,1-3H3,(H2,15,16,17)/t10-/m0/s1. The maximum Gasteiger partial charge on any atom is 0.315 e. The second kappa shape index (κ2) is 7.96.